The van der Waals surface area contributed by atoms with Crippen LogP contribution in [0, 0.1) is 14.0 Å². The molecule has 15 heavy (non-hydrogen) atoms. The zero-order valence-corrected chi connectivity index (χ0v) is 10.5. The molecule has 0 aliphatic rings. The Morgan fingerprint density at radius 1 is 1.27 bits per heavy atom. The van der Waals surface area contributed by atoms with Gasteiger partial charge in [-0.2, -0.15) is 0 Å². The number of hydrogen-bond donors (Lipinski definition) is 1. The highest BCUT2D eigenvalue weighted by atomic mass is 127. The standard InChI is InChI=1S/C10H6FIN2S/c11-8-9(13-5-14-10(8)15)6-1-3-7(12)4-2-6/h1-5H,(H,13,14,15). The third kappa shape index (κ3) is 2.23. The lowest BCUT2D eigenvalue weighted by Crippen LogP contribution is -1.92. The van der Waals surface area contributed by atoms with Gasteiger partial charge in [0.25, 0.3) is 0 Å². The fourth-order valence-corrected chi connectivity index (χ4v) is 1.72. The average molecular weight is 332 g/mol. The number of aromatic amines is 1. The predicted molar refractivity (Wildman–Crippen MR) is 67.5 cm³/mol. The second-order valence-electron chi connectivity index (χ2n) is 2.90. The molecule has 0 spiro atoms. The van der Waals surface area contributed by atoms with Gasteiger partial charge in [0.1, 0.15) is 0 Å². The van der Waals surface area contributed by atoms with E-state index in [4.69, 9.17) is 12.2 Å². The van der Waals surface area contributed by atoms with E-state index < -0.39 is 5.82 Å². The van der Waals surface area contributed by atoms with Crippen LogP contribution < -0.4 is 0 Å². The number of nitrogens with zero attached hydrogens (tertiary/aromatic N) is 1. The van der Waals surface area contributed by atoms with Crippen molar-refractivity contribution < 1.29 is 4.39 Å². The number of halogens is 2. The Morgan fingerprint density at radius 3 is 2.60 bits per heavy atom. The Hall–Kier alpha value is -0.820. The molecule has 0 saturated carbocycles. The Bertz CT molecular complexity index is 536. The smallest absolute Gasteiger partial charge is 0.183 e. The van der Waals surface area contributed by atoms with Gasteiger partial charge in [0, 0.05) is 9.13 Å². The fourth-order valence-electron chi connectivity index (χ4n) is 1.21. The maximum Gasteiger partial charge on any atom is 0.183 e. The minimum absolute atomic E-state index is 0.0118. The second kappa shape index (κ2) is 4.36. The Kier molecular flexibility index (Phi) is 3.11. The van der Waals surface area contributed by atoms with Crippen LogP contribution in [-0.2, 0) is 0 Å². The lowest BCUT2D eigenvalue weighted by molar-refractivity contribution is 0.613. The predicted octanol–water partition coefficient (Wildman–Crippen LogP) is 3.55. The maximum absolute atomic E-state index is 13.6. The van der Waals surface area contributed by atoms with Gasteiger partial charge in [0.15, 0.2) is 10.5 Å². The number of rotatable bonds is 1. The van der Waals surface area contributed by atoms with Gasteiger partial charge < -0.3 is 4.98 Å². The van der Waals surface area contributed by atoms with Crippen LogP contribution in [0.2, 0.25) is 0 Å². The summed E-state index contributed by atoms with van der Waals surface area (Å²) < 4.78 is 14.7. The molecule has 0 unspecified atom stereocenters. The summed E-state index contributed by atoms with van der Waals surface area (Å²) in [5.41, 5.74) is 1.15. The number of nitrogens with one attached hydrogen (secondary N) is 1. The summed E-state index contributed by atoms with van der Waals surface area (Å²) in [4.78, 5) is 6.42. The van der Waals surface area contributed by atoms with Crippen LogP contribution in [0.5, 0.6) is 0 Å². The highest BCUT2D eigenvalue weighted by Gasteiger charge is 2.06. The minimum Gasteiger partial charge on any atom is -0.343 e. The summed E-state index contributed by atoms with van der Waals surface area (Å²) in [6.45, 7) is 0. The highest BCUT2D eigenvalue weighted by Crippen LogP contribution is 2.20. The molecular weight excluding hydrogens is 326 g/mol. The molecule has 5 heteroatoms. The van der Waals surface area contributed by atoms with Crippen LogP contribution >= 0.6 is 34.8 Å². The number of hydrogen-bond acceptors (Lipinski definition) is 2. The first kappa shape index (κ1) is 10.7. The molecule has 0 atom stereocenters. The van der Waals surface area contributed by atoms with E-state index in [-0.39, 0.29) is 4.64 Å². The molecule has 1 heterocycles. The first-order valence-electron chi connectivity index (χ1n) is 4.17. The molecule has 2 nitrogen and oxygen atoms in total. The number of aromatic nitrogens is 2. The molecule has 0 bridgehead atoms. The van der Waals surface area contributed by atoms with Crippen molar-refractivity contribution in [2.75, 3.05) is 0 Å². The fraction of sp³-hybridized carbons (Fsp3) is 0. The first-order valence-corrected chi connectivity index (χ1v) is 5.66. The van der Waals surface area contributed by atoms with Crippen LogP contribution in [0.25, 0.3) is 11.3 Å². The lowest BCUT2D eigenvalue weighted by Gasteiger charge is -2.02. The highest BCUT2D eigenvalue weighted by molar-refractivity contribution is 14.1. The molecule has 1 aromatic carbocycles. The van der Waals surface area contributed by atoms with Crippen LogP contribution in [-0.4, -0.2) is 9.97 Å². The van der Waals surface area contributed by atoms with E-state index in [1.807, 2.05) is 24.3 Å². The van der Waals surface area contributed by atoms with Crippen molar-refractivity contribution in [3.63, 3.8) is 0 Å². The van der Waals surface area contributed by atoms with Gasteiger partial charge in [0.05, 0.1) is 12.0 Å². The topological polar surface area (TPSA) is 28.7 Å². The monoisotopic (exact) mass is 332 g/mol. The van der Waals surface area contributed by atoms with Crippen molar-refractivity contribution in [2.24, 2.45) is 0 Å². The summed E-state index contributed by atoms with van der Waals surface area (Å²) in [5, 5.41) is 0. The SMILES string of the molecule is Fc1c(-c2ccc(I)cc2)[nH]cnc1=S. The van der Waals surface area contributed by atoms with E-state index in [2.05, 4.69) is 32.6 Å². The van der Waals surface area contributed by atoms with Gasteiger partial charge >= 0.3 is 0 Å². The van der Waals surface area contributed by atoms with Gasteiger partial charge in [-0.05, 0) is 34.7 Å². The first-order chi connectivity index (χ1) is 7.18. The number of benzene rings is 1. The van der Waals surface area contributed by atoms with Crippen LogP contribution in [0.4, 0.5) is 4.39 Å². The van der Waals surface area contributed by atoms with E-state index in [0.29, 0.717) is 5.69 Å². The molecular formula is C10H6FIN2S. The number of H-pyrrole nitrogens is 1. The summed E-state index contributed by atoms with van der Waals surface area (Å²) in [7, 11) is 0. The maximum atomic E-state index is 13.6. The van der Waals surface area contributed by atoms with Crippen molar-refractivity contribution in [3.05, 3.63) is 44.6 Å². The zero-order valence-electron chi connectivity index (χ0n) is 7.50. The van der Waals surface area contributed by atoms with Crippen molar-refractivity contribution >= 4 is 34.8 Å². The van der Waals surface area contributed by atoms with E-state index >= 15 is 0 Å². The van der Waals surface area contributed by atoms with E-state index in [1.54, 1.807) is 0 Å². The summed E-state index contributed by atoms with van der Waals surface area (Å²) >= 11 is 6.95. The summed E-state index contributed by atoms with van der Waals surface area (Å²) in [6, 6.07) is 7.50. The second-order valence-corrected chi connectivity index (χ2v) is 4.54. The van der Waals surface area contributed by atoms with Crippen LogP contribution in [0.1, 0.15) is 0 Å². The third-order valence-corrected chi connectivity index (χ3v) is 2.93. The molecule has 0 saturated heterocycles. The molecule has 2 rings (SSSR count). The molecule has 0 fully saturated rings. The van der Waals surface area contributed by atoms with E-state index in [1.165, 1.54) is 6.33 Å². The van der Waals surface area contributed by atoms with Gasteiger partial charge in [0.2, 0.25) is 0 Å². The van der Waals surface area contributed by atoms with Crippen molar-refractivity contribution in [1.29, 1.82) is 0 Å². The van der Waals surface area contributed by atoms with Crippen molar-refractivity contribution in [2.45, 2.75) is 0 Å². The van der Waals surface area contributed by atoms with Gasteiger partial charge in [-0.1, -0.05) is 24.4 Å². The zero-order chi connectivity index (χ0) is 10.8. The summed E-state index contributed by atoms with van der Waals surface area (Å²) in [5.74, 6) is -0.478. The average Bonchev–Trinajstić information content (AvgIpc) is 2.24. The molecule has 0 amide bonds. The molecule has 2 aromatic rings. The third-order valence-electron chi connectivity index (χ3n) is 1.93. The van der Waals surface area contributed by atoms with Crippen LogP contribution in [0.15, 0.2) is 30.6 Å². The van der Waals surface area contributed by atoms with Crippen molar-refractivity contribution in [3.8, 4) is 11.3 Å². The van der Waals surface area contributed by atoms with E-state index in [9.17, 15) is 4.39 Å². The molecule has 0 aliphatic heterocycles. The largest absolute Gasteiger partial charge is 0.343 e. The molecule has 1 aromatic heterocycles. The molecule has 76 valence electrons. The molecule has 1 N–H and O–H groups in total. The minimum atomic E-state index is -0.478. The Labute approximate surface area is 105 Å². The summed E-state index contributed by atoms with van der Waals surface area (Å²) in [6.07, 6.45) is 1.40. The Balaban J connectivity index is 2.59. The van der Waals surface area contributed by atoms with Gasteiger partial charge in [-0.15, -0.1) is 0 Å². The lowest BCUT2D eigenvalue weighted by atomic mass is 10.1. The van der Waals surface area contributed by atoms with Crippen molar-refractivity contribution in [1.82, 2.24) is 9.97 Å². The normalized spacial score (nSPS) is 10.3. The van der Waals surface area contributed by atoms with E-state index in [0.717, 1.165) is 9.13 Å². The van der Waals surface area contributed by atoms with Gasteiger partial charge in [-0.25, -0.2) is 9.37 Å². The Morgan fingerprint density at radius 2 is 1.93 bits per heavy atom. The van der Waals surface area contributed by atoms with Gasteiger partial charge in [-0.3, -0.25) is 0 Å². The quantitative estimate of drug-likeness (QED) is 0.639. The molecule has 0 aliphatic carbocycles. The van der Waals surface area contributed by atoms with Crippen LogP contribution in [0.3, 0.4) is 0 Å². The molecule has 0 radical (unpaired) electrons.